The molecule has 10 heteroatoms. The molecule has 0 spiro atoms. The first-order chi connectivity index (χ1) is 16.7. The van der Waals surface area contributed by atoms with Crippen LogP contribution < -0.4 is 0 Å². The minimum absolute atomic E-state index is 0.00797. The summed E-state index contributed by atoms with van der Waals surface area (Å²) in [5.74, 6) is -1.76. The summed E-state index contributed by atoms with van der Waals surface area (Å²) >= 11 is 0. The molecule has 0 aromatic heterocycles. The third kappa shape index (κ3) is 5.01. The molecule has 2 saturated heterocycles. The number of carbonyl (C=O) groups is 2. The zero-order valence-electron chi connectivity index (χ0n) is 19.8. The first-order valence-corrected chi connectivity index (χ1v) is 12.8. The maximum absolute atomic E-state index is 13.1. The van der Waals surface area contributed by atoms with Gasteiger partial charge in [0.25, 0.3) is 11.7 Å². The molecular formula is C25H29N3O6S. The molecule has 0 radical (unpaired) electrons. The van der Waals surface area contributed by atoms with Gasteiger partial charge in [-0.3, -0.25) is 14.5 Å². The van der Waals surface area contributed by atoms with Crippen molar-refractivity contribution in [2.24, 2.45) is 0 Å². The lowest BCUT2D eigenvalue weighted by molar-refractivity contribution is -0.140. The van der Waals surface area contributed by atoms with Crippen LogP contribution in [0.2, 0.25) is 0 Å². The van der Waals surface area contributed by atoms with E-state index < -0.39 is 27.8 Å². The number of hydrogen-bond acceptors (Lipinski definition) is 7. The number of aliphatic hydroxyl groups is 1. The summed E-state index contributed by atoms with van der Waals surface area (Å²) in [6.45, 7) is 3.66. The molecule has 2 heterocycles. The second kappa shape index (κ2) is 10.3. The van der Waals surface area contributed by atoms with E-state index >= 15 is 0 Å². The highest BCUT2D eigenvalue weighted by molar-refractivity contribution is 7.89. The molecule has 1 atom stereocenters. The highest BCUT2D eigenvalue weighted by atomic mass is 32.2. The fourth-order valence-corrected chi connectivity index (χ4v) is 5.22. The van der Waals surface area contributed by atoms with Crippen molar-refractivity contribution in [1.29, 1.82) is 0 Å². The number of amides is 1. The quantitative estimate of drug-likeness (QED) is 0.351. The third-order valence-corrected chi connectivity index (χ3v) is 8.15. The van der Waals surface area contributed by atoms with Gasteiger partial charge >= 0.3 is 0 Å². The fourth-order valence-electron chi connectivity index (χ4n) is 4.32. The van der Waals surface area contributed by atoms with Gasteiger partial charge in [-0.1, -0.05) is 30.3 Å². The van der Waals surface area contributed by atoms with Crippen molar-refractivity contribution in [3.05, 3.63) is 71.3 Å². The maximum Gasteiger partial charge on any atom is 0.295 e. The smallest absolute Gasteiger partial charge is 0.295 e. The van der Waals surface area contributed by atoms with Gasteiger partial charge in [0.15, 0.2) is 0 Å². The van der Waals surface area contributed by atoms with Crippen LogP contribution in [0.1, 0.15) is 17.2 Å². The van der Waals surface area contributed by atoms with Gasteiger partial charge < -0.3 is 14.7 Å². The molecule has 0 bridgehead atoms. The number of carbonyl (C=O) groups excluding carboxylic acids is 2. The van der Waals surface area contributed by atoms with Crippen LogP contribution in [0.4, 0.5) is 0 Å². The number of aliphatic hydroxyl groups excluding tert-OH is 1. The van der Waals surface area contributed by atoms with E-state index in [-0.39, 0.29) is 21.8 Å². The van der Waals surface area contributed by atoms with Gasteiger partial charge in [-0.25, -0.2) is 12.7 Å². The van der Waals surface area contributed by atoms with Crippen LogP contribution >= 0.6 is 0 Å². The average Bonchev–Trinajstić information content (AvgIpc) is 3.13. The lowest BCUT2D eigenvalue weighted by Crippen LogP contribution is -2.42. The number of sulfonamides is 1. The number of likely N-dealkylation sites (tertiary alicyclic amines) is 1. The second-order valence-electron chi connectivity index (χ2n) is 8.67. The van der Waals surface area contributed by atoms with E-state index in [1.54, 1.807) is 0 Å². The molecule has 2 aromatic carbocycles. The Morgan fingerprint density at radius 1 is 1.00 bits per heavy atom. The normalized spacial score (nSPS) is 21.1. The summed E-state index contributed by atoms with van der Waals surface area (Å²) < 4.78 is 31.2. The molecule has 9 nitrogen and oxygen atoms in total. The first-order valence-electron chi connectivity index (χ1n) is 11.4. The number of benzene rings is 2. The first kappa shape index (κ1) is 25.1. The fraction of sp³-hybridized carbons (Fsp3) is 0.360. The van der Waals surface area contributed by atoms with Gasteiger partial charge in [0.05, 0.1) is 29.7 Å². The Hall–Kier alpha value is -3.05. The summed E-state index contributed by atoms with van der Waals surface area (Å²) in [6.07, 6.45) is 0. The summed E-state index contributed by atoms with van der Waals surface area (Å²) in [7, 11) is -0.782. The van der Waals surface area contributed by atoms with E-state index in [1.165, 1.54) is 43.3 Å². The number of Topliss-reactive ketones (excluding diaryl/α,β-unsaturated/α-hetero) is 1. The Labute approximate surface area is 205 Å². The lowest BCUT2D eigenvalue weighted by Gasteiger charge is -2.31. The zero-order chi connectivity index (χ0) is 25.2. The minimum atomic E-state index is -3.65. The van der Waals surface area contributed by atoms with Crippen molar-refractivity contribution in [3.63, 3.8) is 0 Å². The van der Waals surface area contributed by atoms with Crippen LogP contribution in [0, 0.1) is 0 Å². The van der Waals surface area contributed by atoms with Gasteiger partial charge in [-0.2, -0.15) is 0 Å². The summed E-state index contributed by atoms with van der Waals surface area (Å²) in [4.78, 5) is 29.9. The number of rotatable bonds is 7. The molecule has 2 aliphatic rings. The molecular weight excluding hydrogens is 470 g/mol. The van der Waals surface area contributed by atoms with Crippen molar-refractivity contribution in [3.8, 4) is 0 Å². The standard InChI is InChI=1S/C25H29N3O6S/c1-26(2)35(32,33)20-10-8-19(9-11-20)23(29)21-22(18-6-4-3-5-7-18)28(25(31)24(21)30)13-12-27-14-16-34-17-15-27/h3-11,22,29H,12-17H2,1-2H3/b23-21+. The lowest BCUT2D eigenvalue weighted by atomic mass is 9.95. The van der Waals surface area contributed by atoms with Gasteiger partial charge in [-0.15, -0.1) is 0 Å². The third-order valence-electron chi connectivity index (χ3n) is 6.32. The van der Waals surface area contributed by atoms with Crippen molar-refractivity contribution in [2.75, 3.05) is 53.5 Å². The highest BCUT2D eigenvalue weighted by Crippen LogP contribution is 2.39. The van der Waals surface area contributed by atoms with E-state index in [1.807, 2.05) is 30.3 Å². The molecule has 35 heavy (non-hydrogen) atoms. The zero-order valence-corrected chi connectivity index (χ0v) is 20.6. The predicted molar refractivity (Wildman–Crippen MR) is 130 cm³/mol. The number of nitrogens with zero attached hydrogens (tertiary/aromatic N) is 3. The van der Waals surface area contributed by atoms with E-state index in [4.69, 9.17) is 4.74 Å². The molecule has 1 N–H and O–H groups in total. The van der Waals surface area contributed by atoms with Crippen molar-refractivity contribution in [1.82, 2.24) is 14.1 Å². The highest BCUT2D eigenvalue weighted by Gasteiger charge is 2.46. The molecule has 186 valence electrons. The molecule has 4 rings (SSSR count). The second-order valence-corrected chi connectivity index (χ2v) is 10.8. The molecule has 2 aromatic rings. The van der Waals surface area contributed by atoms with Crippen molar-refractivity contribution < 1.29 is 27.9 Å². The summed E-state index contributed by atoms with van der Waals surface area (Å²) in [6, 6.07) is 14.0. The number of hydrogen-bond donors (Lipinski definition) is 1. The van der Waals surface area contributed by atoms with Crippen LogP contribution in [-0.2, 0) is 24.3 Å². The van der Waals surface area contributed by atoms with Crippen LogP contribution in [0.3, 0.4) is 0 Å². The van der Waals surface area contributed by atoms with Gasteiger partial charge in [-0.05, 0) is 29.8 Å². The monoisotopic (exact) mass is 499 g/mol. The van der Waals surface area contributed by atoms with Gasteiger partial charge in [0, 0.05) is 45.8 Å². The number of morpholine rings is 1. The Morgan fingerprint density at radius 3 is 2.23 bits per heavy atom. The topological polar surface area (TPSA) is 107 Å². The molecule has 2 fully saturated rings. The number of ketones is 1. The summed E-state index contributed by atoms with van der Waals surface area (Å²) in [5.41, 5.74) is 0.961. The van der Waals surface area contributed by atoms with E-state index in [9.17, 15) is 23.1 Å². The van der Waals surface area contributed by atoms with Gasteiger partial charge in [0.2, 0.25) is 10.0 Å². The predicted octanol–water partition coefficient (Wildman–Crippen LogP) is 1.69. The minimum Gasteiger partial charge on any atom is -0.507 e. The van der Waals surface area contributed by atoms with E-state index in [2.05, 4.69) is 4.90 Å². The number of ether oxygens (including phenoxy) is 1. The Bertz CT molecular complexity index is 1220. The Morgan fingerprint density at radius 2 is 1.63 bits per heavy atom. The Balaban J connectivity index is 1.71. The maximum atomic E-state index is 13.1. The Kier molecular flexibility index (Phi) is 7.36. The van der Waals surface area contributed by atoms with E-state index in [0.717, 1.165) is 17.4 Å². The van der Waals surface area contributed by atoms with Crippen molar-refractivity contribution >= 4 is 27.5 Å². The van der Waals surface area contributed by atoms with Crippen LogP contribution in [0.15, 0.2) is 65.1 Å². The SMILES string of the molecule is CN(C)S(=O)(=O)c1ccc(/C(O)=C2\C(=O)C(=O)N(CCN3CCOCC3)C2c2ccccc2)cc1. The van der Waals surface area contributed by atoms with Crippen LogP contribution in [0.5, 0.6) is 0 Å². The van der Waals surface area contributed by atoms with Crippen LogP contribution in [-0.4, -0.2) is 92.8 Å². The average molecular weight is 500 g/mol. The molecule has 2 aliphatic heterocycles. The molecule has 0 aliphatic carbocycles. The van der Waals surface area contributed by atoms with Crippen LogP contribution in [0.25, 0.3) is 5.76 Å². The van der Waals surface area contributed by atoms with E-state index in [0.29, 0.717) is 31.9 Å². The van der Waals surface area contributed by atoms with Gasteiger partial charge in [0.1, 0.15) is 5.76 Å². The van der Waals surface area contributed by atoms with Crippen molar-refractivity contribution in [2.45, 2.75) is 10.9 Å². The molecule has 1 amide bonds. The molecule has 0 saturated carbocycles. The molecule has 1 unspecified atom stereocenters. The summed E-state index contributed by atoms with van der Waals surface area (Å²) in [5, 5.41) is 11.2. The largest absolute Gasteiger partial charge is 0.507 e.